The normalized spacial score (nSPS) is 11.7. The lowest BCUT2D eigenvalue weighted by molar-refractivity contribution is 0.574. The Balaban J connectivity index is 2.07. The SMILES string of the molecule is CCn1cc(C)nc1S(=O)(=O)Nc1cccc2cccnc12. The predicted molar refractivity (Wildman–Crippen MR) is 85.2 cm³/mol. The van der Waals surface area contributed by atoms with E-state index in [0.717, 1.165) is 5.39 Å². The molecule has 0 amide bonds. The molecule has 0 radical (unpaired) electrons. The highest BCUT2D eigenvalue weighted by molar-refractivity contribution is 7.92. The largest absolute Gasteiger partial charge is 0.320 e. The van der Waals surface area contributed by atoms with E-state index in [-0.39, 0.29) is 5.16 Å². The van der Waals surface area contributed by atoms with E-state index >= 15 is 0 Å². The van der Waals surface area contributed by atoms with Crippen molar-refractivity contribution in [1.82, 2.24) is 14.5 Å². The van der Waals surface area contributed by atoms with E-state index in [9.17, 15) is 8.42 Å². The Hall–Kier alpha value is -2.41. The predicted octanol–water partition coefficient (Wildman–Crippen LogP) is 2.56. The number of fused-ring (bicyclic) bond motifs is 1. The third-order valence-corrected chi connectivity index (χ3v) is 4.61. The van der Waals surface area contributed by atoms with Gasteiger partial charge in [0.1, 0.15) is 0 Å². The fourth-order valence-corrected chi connectivity index (χ4v) is 3.64. The van der Waals surface area contributed by atoms with Gasteiger partial charge in [-0.1, -0.05) is 18.2 Å². The van der Waals surface area contributed by atoms with Crippen LogP contribution in [0.4, 0.5) is 5.69 Å². The van der Waals surface area contributed by atoms with Crippen LogP contribution in [-0.2, 0) is 16.6 Å². The van der Waals surface area contributed by atoms with Crippen molar-refractivity contribution in [2.75, 3.05) is 4.72 Å². The van der Waals surface area contributed by atoms with Crippen LogP contribution in [0.2, 0.25) is 0 Å². The Bertz CT molecular complexity index is 926. The molecule has 1 aromatic carbocycles. The lowest BCUT2D eigenvalue weighted by Gasteiger charge is -2.10. The molecular formula is C15H16N4O2S. The first-order valence-electron chi connectivity index (χ1n) is 6.91. The molecule has 3 aromatic rings. The first kappa shape index (κ1) is 14.5. The molecule has 0 aliphatic heterocycles. The number of nitrogens with zero attached hydrogens (tertiary/aromatic N) is 3. The zero-order valence-corrected chi connectivity index (χ0v) is 13.1. The zero-order chi connectivity index (χ0) is 15.7. The molecule has 0 bridgehead atoms. The van der Waals surface area contributed by atoms with Crippen LogP contribution in [0.5, 0.6) is 0 Å². The molecule has 2 heterocycles. The van der Waals surface area contributed by atoms with E-state index < -0.39 is 10.0 Å². The van der Waals surface area contributed by atoms with Crippen LogP contribution >= 0.6 is 0 Å². The molecule has 0 aliphatic carbocycles. The molecule has 2 aromatic heterocycles. The van der Waals surface area contributed by atoms with Gasteiger partial charge < -0.3 is 4.57 Å². The molecule has 7 heteroatoms. The summed E-state index contributed by atoms with van der Waals surface area (Å²) in [4.78, 5) is 8.37. The maximum absolute atomic E-state index is 12.6. The van der Waals surface area contributed by atoms with Crippen LogP contribution in [0.3, 0.4) is 0 Å². The Labute approximate surface area is 128 Å². The number of sulfonamides is 1. The lowest BCUT2D eigenvalue weighted by atomic mass is 10.2. The summed E-state index contributed by atoms with van der Waals surface area (Å²) in [5.74, 6) is 0. The second kappa shape index (κ2) is 5.42. The summed E-state index contributed by atoms with van der Waals surface area (Å²) in [6.07, 6.45) is 3.35. The first-order valence-corrected chi connectivity index (χ1v) is 8.40. The van der Waals surface area contributed by atoms with Gasteiger partial charge in [-0.3, -0.25) is 9.71 Å². The molecule has 0 spiro atoms. The molecule has 22 heavy (non-hydrogen) atoms. The number of imidazole rings is 1. The van der Waals surface area contributed by atoms with Gasteiger partial charge in [-0.15, -0.1) is 0 Å². The first-order chi connectivity index (χ1) is 10.5. The molecule has 0 saturated heterocycles. The fourth-order valence-electron chi connectivity index (χ4n) is 2.34. The number of nitrogens with one attached hydrogen (secondary N) is 1. The van der Waals surface area contributed by atoms with Gasteiger partial charge in [0.25, 0.3) is 10.0 Å². The second-order valence-electron chi connectivity index (χ2n) is 4.94. The maximum Gasteiger partial charge on any atom is 0.295 e. The molecule has 0 unspecified atom stereocenters. The number of aryl methyl sites for hydroxylation is 2. The van der Waals surface area contributed by atoms with E-state index in [1.165, 1.54) is 0 Å². The number of rotatable bonds is 4. The van der Waals surface area contributed by atoms with E-state index in [0.29, 0.717) is 23.4 Å². The van der Waals surface area contributed by atoms with Gasteiger partial charge >= 0.3 is 0 Å². The summed E-state index contributed by atoms with van der Waals surface area (Å²) in [5, 5.41) is 0.887. The molecule has 0 fully saturated rings. The van der Waals surface area contributed by atoms with E-state index in [1.54, 1.807) is 36.0 Å². The highest BCUT2D eigenvalue weighted by atomic mass is 32.2. The summed E-state index contributed by atoms with van der Waals surface area (Å²) in [6, 6.07) is 9.07. The van der Waals surface area contributed by atoms with Gasteiger partial charge in [0.2, 0.25) is 5.16 Å². The monoisotopic (exact) mass is 316 g/mol. The van der Waals surface area contributed by atoms with Crippen LogP contribution in [0.15, 0.2) is 47.9 Å². The van der Waals surface area contributed by atoms with E-state index in [2.05, 4.69) is 14.7 Å². The fraction of sp³-hybridized carbons (Fsp3) is 0.200. The molecule has 0 saturated carbocycles. The number of pyridine rings is 1. The number of hydrogen-bond donors (Lipinski definition) is 1. The number of benzene rings is 1. The minimum absolute atomic E-state index is 0.0143. The van der Waals surface area contributed by atoms with Gasteiger partial charge in [-0.2, -0.15) is 8.42 Å². The maximum atomic E-state index is 12.6. The van der Waals surface area contributed by atoms with Gasteiger partial charge in [0.05, 0.1) is 16.9 Å². The van der Waals surface area contributed by atoms with Crippen LogP contribution in [0.25, 0.3) is 10.9 Å². The average Bonchev–Trinajstić information content (AvgIpc) is 2.89. The van der Waals surface area contributed by atoms with Crippen molar-refractivity contribution in [3.8, 4) is 0 Å². The van der Waals surface area contributed by atoms with E-state index in [1.807, 2.05) is 25.1 Å². The summed E-state index contributed by atoms with van der Waals surface area (Å²) >= 11 is 0. The number of aromatic nitrogens is 3. The van der Waals surface area contributed by atoms with Crippen molar-refractivity contribution in [3.63, 3.8) is 0 Å². The lowest BCUT2D eigenvalue weighted by Crippen LogP contribution is -2.18. The molecule has 0 aliphatic rings. The van der Waals surface area contributed by atoms with Crippen molar-refractivity contribution in [2.45, 2.75) is 25.5 Å². The zero-order valence-electron chi connectivity index (χ0n) is 12.3. The Kier molecular flexibility index (Phi) is 3.58. The highest BCUT2D eigenvalue weighted by Gasteiger charge is 2.22. The summed E-state index contributed by atoms with van der Waals surface area (Å²) in [7, 11) is -3.76. The second-order valence-corrected chi connectivity index (χ2v) is 6.51. The van der Waals surface area contributed by atoms with Crippen LogP contribution in [0, 0.1) is 6.92 Å². The van der Waals surface area contributed by atoms with Gasteiger partial charge in [-0.25, -0.2) is 4.98 Å². The highest BCUT2D eigenvalue weighted by Crippen LogP contribution is 2.23. The summed E-state index contributed by atoms with van der Waals surface area (Å²) in [6.45, 7) is 4.18. The van der Waals surface area contributed by atoms with Crippen LogP contribution < -0.4 is 4.72 Å². The molecule has 1 N–H and O–H groups in total. The minimum atomic E-state index is -3.76. The molecule has 114 valence electrons. The Morgan fingerprint density at radius 1 is 1.23 bits per heavy atom. The quantitative estimate of drug-likeness (QED) is 0.802. The minimum Gasteiger partial charge on any atom is -0.320 e. The van der Waals surface area contributed by atoms with E-state index in [4.69, 9.17) is 0 Å². The third-order valence-electron chi connectivity index (χ3n) is 3.32. The van der Waals surface area contributed by atoms with Crippen molar-refractivity contribution < 1.29 is 8.42 Å². The Morgan fingerprint density at radius 2 is 2.00 bits per heavy atom. The van der Waals surface area contributed by atoms with Crippen molar-refractivity contribution in [2.24, 2.45) is 0 Å². The number of para-hydroxylation sites is 1. The van der Waals surface area contributed by atoms with Crippen LogP contribution in [-0.4, -0.2) is 23.0 Å². The molecule has 3 rings (SSSR count). The Morgan fingerprint density at radius 3 is 2.77 bits per heavy atom. The standard InChI is InChI=1S/C15H16N4O2S/c1-3-19-10-11(2)17-15(19)22(20,21)18-13-8-4-6-12-7-5-9-16-14(12)13/h4-10,18H,3H2,1-2H3. The van der Waals surface area contributed by atoms with Crippen molar-refractivity contribution in [1.29, 1.82) is 0 Å². The summed E-state index contributed by atoms with van der Waals surface area (Å²) in [5.41, 5.74) is 1.72. The van der Waals surface area contributed by atoms with Crippen LogP contribution in [0.1, 0.15) is 12.6 Å². The van der Waals surface area contributed by atoms with Crippen molar-refractivity contribution in [3.05, 3.63) is 48.4 Å². The summed E-state index contributed by atoms with van der Waals surface area (Å²) < 4.78 is 29.4. The molecule has 0 atom stereocenters. The average molecular weight is 316 g/mol. The number of anilines is 1. The third kappa shape index (κ3) is 2.55. The molecular weight excluding hydrogens is 300 g/mol. The van der Waals surface area contributed by atoms with Gasteiger partial charge in [0.15, 0.2) is 0 Å². The van der Waals surface area contributed by atoms with Gasteiger partial charge in [0, 0.05) is 24.3 Å². The van der Waals surface area contributed by atoms with Gasteiger partial charge in [-0.05, 0) is 26.0 Å². The topological polar surface area (TPSA) is 76.9 Å². The van der Waals surface area contributed by atoms with Crippen molar-refractivity contribution >= 4 is 26.6 Å². The molecule has 6 nitrogen and oxygen atoms in total. The smallest absolute Gasteiger partial charge is 0.295 e. The number of hydrogen-bond acceptors (Lipinski definition) is 4.